The number of amides is 3. The van der Waals surface area contributed by atoms with Gasteiger partial charge in [0.05, 0.1) is 0 Å². The first-order valence-electron chi connectivity index (χ1n) is 9.18. The summed E-state index contributed by atoms with van der Waals surface area (Å²) in [7, 11) is 0. The van der Waals surface area contributed by atoms with Gasteiger partial charge in [-0.15, -0.1) is 0 Å². The second kappa shape index (κ2) is 7.84. The van der Waals surface area contributed by atoms with Crippen molar-refractivity contribution in [3.8, 4) is 0 Å². The van der Waals surface area contributed by atoms with Gasteiger partial charge in [0.2, 0.25) is 11.8 Å². The Morgan fingerprint density at radius 1 is 1.20 bits per heavy atom. The SMILES string of the molecule is CC(C)c1nc(CCNC(=O)N2CCN(C(=O)C3CCC3)CC2)no1. The number of hydrogen-bond donors (Lipinski definition) is 1. The summed E-state index contributed by atoms with van der Waals surface area (Å²) in [6.45, 7) is 6.89. The molecule has 8 nitrogen and oxygen atoms in total. The molecule has 0 bridgehead atoms. The second-order valence-electron chi connectivity index (χ2n) is 7.13. The van der Waals surface area contributed by atoms with Crippen molar-refractivity contribution in [2.75, 3.05) is 32.7 Å². The summed E-state index contributed by atoms with van der Waals surface area (Å²) >= 11 is 0. The third kappa shape index (κ3) is 4.29. The molecule has 1 saturated heterocycles. The van der Waals surface area contributed by atoms with E-state index in [4.69, 9.17) is 4.52 Å². The van der Waals surface area contributed by atoms with Crippen LogP contribution in [0.1, 0.15) is 50.7 Å². The molecule has 2 fully saturated rings. The van der Waals surface area contributed by atoms with Gasteiger partial charge in [-0.1, -0.05) is 25.4 Å². The van der Waals surface area contributed by atoms with E-state index in [2.05, 4.69) is 15.5 Å². The Labute approximate surface area is 147 Å². The van der Waals surface area contributed by atoms with Crippen LogP contribution in [-0.2, 0) is 11.2 Å². The highest BCUT2D eigenvalue weighted by Gasteiger charge is 2.31. The zero-order chi connectivity index (χ0) is 17.8. The Balaban J connectivity index is 1.36. The zero-order valence-corrected chi connectivity index (χ0v) is 15.0. The van der Waals surface area contributed by atoms with Gasteiger partial charge in [-0.2, -0.15) is 4.98 Å². The van der Waals surface area contributed by atoms with Crippen LogP contribution in [0, 0.1) is 5.92 Å². The lowest BCUT2D eigenvalue weighted by atomic mass is 9.84. The largest absolute Gasteiger partial charge is 0.339 e. The van der Waals surface area contributed by atoms with Crippen LogP contribution in [0.25, 0.3) is 0 Å². The van der Waals surface area contributed by atoms with Crippen molar-refractivity contribution >= 4 is 11.9 Å². The predicted molar refractivity (Wildman–Crippen MR) is 91.0 cm³/mol. The molecule has 25 heavy (non-hydrogen) atoms. The molecule has 2 heterocycles. The first-order valence-corrected chi connectivity index (χ1v) is 9.18. The molecule has 8 heteroatoms. The van der Waals surface area contributed by atoms with E-state index in [9.17, 15) is 9.59 Å². The molecule has 3 amide bonds. The summed E-state index contributed by atoms with van der Waals surface area (Å²) in [5.41, 5.74) is 0. The lowest BCUT2D eigenvalue weighted by molar-refractivity contribution is -0.139. The maximum Gasteiger partial charge on any atom is 0.317 e. The molecule has 0 aromatic carbocycles. The Morgan fingerprint density at radius 2 is 1.88 bits per heavy atom. The molecule has 0 atom stereocenters. The van der Waals surface area contributed by atoms with Gasteiger partial charge >= 0.3 is 6.03 Å². The molecule has 1 aromatic heterocycles. The van der Waals surface area contributed by atoms with E-state index in [0.29, 0.717) is 50.9 Å². The molecule has 3 rings (SSSR count). The fourth-order valence-electron chi connectivity index (χ4n) is 3.04. The van der Waals surface area contributed by atoms with Gasteiger partial charge in [-0.05, 0) is 12.8 Å². The highest BCUT2D eigenvalue weighted by molar-refractivity contribution is 5.80. The zero-order valence-electron chi connectivity index (χ0n) is 15.0. The van der Waals surface area contributed by atoms with Crippen LogP contribution in [0.4, 0.5) is 4.79 Å². The van der Waals surface area contributed by atoms with Gasteiger partial charge in [0.25, 0.3) is 0 Å². The second-order valence-corrected chi connectivity index (χ2v) is 7.13. The Bertz CT molecular complexity index is 603. The number of aromatic nitrogens is 2. The molecule has 1 N–H and O–H groups in total. The number of hydrogen-bond acceptors (Lipinski definition) is 5. The third-order valence-electron chi connectivity index (χ3n) is 4.94. The lowest BCUT2D eigenvalue weighted by Gasteiger charge is -2.38. The predicted octanol–water partition coefficient (Wildman–Crippen LogP) is 1.39. The van der Waals surface area contributed by atoms with E-state index in [1.54, 1.807) is 4.90 Å². The number of carbonyl (C=O) groups is 2. The number of nitrogens with zero attached hydrogens (tertiary/aromatic N) is 4. The number of nitrogens with one attached hydrogen (secondary N) is 1. The van der Waals surface area contributed by atoms with E-state index in [1.807, 2.05) is 18.7 Å². The van der Waals surface area contributed by atoms with Crippen molar-refractivity contribution in [2.45, 2.75) is 45.4 Å². The fourth-order valence-corrected chi connectivity index (χ4v) is 3.04. The number of urea groups is 1. The van der Waals surface area contributed by atoms with Gasteiger partial charge in [0, 0.05) is 51.0 Å². The van der Waals surface area contributed by atoms with Gasteiger partial charge < -0.3 is 19.6 Å². The minimum absolute atomic E-state index is 0.0941. The minimum atomic E-state index is -0.0941. The number of carbonyl (C=O) groups excluding carboxylic acids is 2. The molecule has 0 spiro atoms. The van der Waals surface area contributed by atoms with Crippen molar-refractivity contribution in [1.29, 1.82) is 0 Å². The fraction of sp³-hybridized carbons (Fsp3) is 0.765. The highest BCUT2D eigenvalue weighted by atomic mass is 16.5. The molecule has 2 aliphatic rings. The first kappa shape index (κ1) is 17.7. The molecule has 1 aliphatic carbocycles. The van der Waals surface area contributed by atoms with Gasteiger partial charge in [-0.3, -0.25) is 4.79 Å². The average Bonchev–Trinajstić information content (AvgIpc) is 3.02. The van der Waals surface area contributed by atoms with Crippen LogP contribution < -0.4 is 5.32 Å². The summed E-state index contributed by atoms with van der Waals surface area (Å²) in [4.78, 5) is 32.4. The first-order chi connectivity index (χ1) is 12.0. The molecule has 0 radical (unpaired) electrons. The smallest absolute Gasteiger partial charge is 0.317 e. The van der Waals surface area contributed by atoms with E-state index in [0.717, 1.165) is 19.3 Å². The van der Waals surface area contributed by atoms with E-state index >= 15 is 0 Å². The number of rotatable bonds is 5. The van der Waals surface area contributed by atoms with E-state index in [-0.39, 0.29) is 23.8 Å². The van der Waals surface area contributed by atoms with Crippen molar-refractivity contribution in [3.05, 3.63) is 11.7 Å². The van der Waals surface area contributed by atoms with Crippen molar-refractivity contribution in [3.63, 3.8) is 0 Å². The van der Waals surface area contributed by atoms with Gasteiger partial charge in [0.1, 0.15) is 0 Å². The summed E-state index contributed by atoms with van der Waals surface area (Å²) in [5.74, 6) is 1.93. The number of piperazine rings is 1. The summed E-state index contributed by atoms with van der Waals surface area (Å²) in [6.07, 6.45) is 3.75. The monoisotopic (exact) mass is 349 g/mol. The molecule has 1 aromatic rings. The van der Waals surface area contributed by atoms with E-state index < -0.39 is 0 Å². The van der Waals surface area contributed by atoms with Crippen molar-refractivity contribution < 1.29 is 14.1 Å². The topological polar surface area (TPSA) is 91.6 Å². The Hall–Kier alpha value is -2.12. The minimum Gasteiger partial charge on any atom is -0.339 e. The highest BCUT2D eigenvalue weighted by Crippen LogP contribution is 2.28. The van der Waals surface area contributed by atoms with Crippen LogP contribution in [-0.4, -0.2) is 64.6 Å². The maximum absolute atomic E-state index is 12.2. The lowest BCUT2D eigenvalue weighted by Crippen LogP contribution is -2.54. The molecular formula is C17H27N5O3. The van der Waals surface area contributed by atoms with Crippen LogP contribution in [0.15, 0.2) is 4.52 Å². The molecule has 138 valence electrons. The van der Waals surface area contributed by atoms with Gasteiger partial charge in [0.15, 0.2) is 5.82 Å². The summed E-state index contributed by atoms with van der Waals surface area (Å²) < 4.78 is 5.15. The van der Waals surface area contributed by atoms with Crippen LogP contribution >= 0.6 is 0 Å². The third-order valence-corrected chi connectivity index (χ3v) is 4.94. The summed E-state index contributed by atoms with van der Waals surface area (Å²) in [6, 6.07) is -0.0941. The molecule has 1 aliphatic heterocycles. The normalized spacial score (nSPS) is 18.4. The van der Waals surface area contributed by atoms with Crippen LogP contribution in [0.3, 0.4) is 0 Å². The maximum atomic E-state index is 12.2. The quantitative estimate of drug-likeness (QED) is 0.867. The average molecular weight is 349 g/mol. The van der Waals surface area contributed by atoms with Gasteiger partial charge in [-0.25, -0.2) is 4.79 Å². The van der Waals surface area contributed by atoms with Crippen molar-refractivity contribution in [1.82, 2.24) is 25.3 Å². The summed E-state index contributed by atoms with van der Waals surface area (Å²) in [5, 5.41) is 6.80. The molecular weight excluding hydrogens is 322 g/mol. The molecule has 1 saturated carbocycles. The van der Waals surface area contributed by atoms with Crippen LogP contribution in [0.2, 0.25) is 0 Å². The van der Waals surface area contributed by atoms with E-state index in [1.165, 1.54) is 0 Å². The Morgan fingerprint density at radius 3 is 2.44 bits per heavy atom. The van der Waals surface area contributed by atoms with Crippen molar-refractivity contribution in [2.24, 2.45) is 5.92 Å². The standard InChI is InChI=1S/C17H27N5O3/c1-12(2)15-19-14(20-25-15)6-7-18-17(24)22-10-8-21(9-11-22)16(23)13-4-3-5-13/h12-13H,3-11H2,1-2H3,(H,18,24). The van der Waals surface area contributed by atoms with Crippen LogP contribution in [0.5, 0.6) is 0 Å². The molecule has 0 unspecified atom stereocenters. The Kier molecular flexibility index (Phi) is 5.55.